The number of thioether (sulfide) groups is 1. The number of benzene rings is 2. The minimum Gasteiger partial charge on any atom is -0.508 e. The second-order valence-corrected chi connectivity index (χ2v) is 6.12. The summed E-state index contributed by atoms with van der Waals surface area (Å²) in [5.41, 5.74) is 2.49. The summed E-state index contributed by atoms with van der Waals surface area (Å²) in [6.07, 6.45) is 2.56. The summed E-state index contributed by atoms with van der Waals surface area (Å²) in [4.78, 5) is 26.3. The molecule has 1 saturated heterocycles. The van der Waals surface area contributed by atoms with Gasteiger partial charge in [0.25, 0.3) is 11.1 Å². The van der Waals surface area contributed by atoms with Gasteiger partial charge in [-0.3, -0.25) is 9.59 Å². The molecular weight excluding hydrogens is 310 g/mol. The molecule has 2 aromatic rings. The summed E-state index contributed by atoms with van der Waals surface area (Å²) in [6, 6.07) is 13.9. The van der Waals surface area contributed by atoms with E-state index < -0.39 is 0 Å². The normalized spacial score (nSPS) is 16.4. The van der Waals surface area contributed by atoms with Crippen LogP contribution in [0.1, 0.15) is 18.1 Å². The molecule has 0 aliphatic carbocycles. The molecule has 1 aliphatic rings. The summed E-state index contributed by atoms with van der Waals surface area (Å²) in [5.74, 6) is -0.163. The standard InChI is InChI=1S/C18H15NO3S/c1-2-12-3-7-14(8-4-12)19-17(21)16(23-18(19)22)11-13-5-9-15(20)10-6-13/h3-11,20H,2H2,1H3/b16-11-. The van der Waals surface area contributed by atoms with E-state index in [9.17, 15) is 14.7 Å². The summed E-state index contributed by atoms with van der Waals surface area (Å²) >= 11 is 0.922. The molecule has 1 heterocycles. The van der Waals surface area contributed by atoms with Crippen LogP contribution in [-0.4, -0.2) is 16.3 Å². The molecule has 0 aromatic heterocycles. The van der Waals surface area contributed by atoms with Gasteiger partial charge < -0.3 is 5.11 Å². The van der Waals surface area contributed by atoms with Gasteiger partial charge in [0.05, 0.1) is 10.6 Å². The van der Waals surface area contributed by atoms with Gasteiger partial charge in [0, 0.05) is 0 Å². The third-order valence-electron chi connectivity index (χ3n) is 3.59. The Kier molecular flexibility index (Phi) is 4.21. The lowest BCUT2D eigenvalue weighted by atomic mass is 10.1. The number of amides is 2. The Bertz CT molecular complexity index is 779. The SMILES string of the molecule is CCc1ccc(N2C(=O)S/C(=C\c3ccc(O)cc3)C2=O)cc1. The van der Waals surface area contributed by atoms with Crippen molar-refractivity contribution in [1.82, 2.24) is 0 Å². The Morgan fingerprint density at radius 1 is 1.04 bits per heavy atom. The van der Waals surface area contributed by atoms with Crippen LogP contribution in [0.2, 0.25) is 0 Å². The molecule has 0 bridgehead atoms. The summed E-state index contributed by atoms with van der Waals surface area (Å²) in [5, 5.41) is 8.99. The number of carbonyl (C=O) groups is 2. The van der Waals surface area contributed by atoms with Gasteiger partial charge in [0.1, 0.15) is 5.75 Å². The Hall–Kier alpha value is -2.53. The Morgan fingerprint density at radius 3 is 2.30 bits per heavy atom. The molecular formula is C18H15NO3S. The number of aromatic hydroxyl groups is 1. The van der Waals surface area contributed by atoms with E-state index >= 15 is 0 Å². The number of aryl methyl sites for hydroxylation is 1. The van der Waals surface area contributed by atoms with Gasteiger partial charge in [-0.2, -0.15) is 0 Å². The van der Waals surface area contributed by atoms with E-state index in [1.807, 2.05) is 12.1 Å². The first-order valence-corrected chi connectivity index (χ1v) is 8.06. The van der Waals surface area contributed by atoms with E-state index in [2.05, 4.69) is 6.92 Å². The molecule has 2 aromatic carbocycles. The smallest absolute Gasteiger partial charge is 0.298 e. The number of carbonyl (C=O) groups excluding carboxylic acids is 2. The van der Waals surface area contributed by atoms with Gasteiger partial charge in [-0.05, 0) is 59.7 Å². The first-order valence-electron chi connectivity index (χ1n) is 7.24. The maximum Gasteiger partial charge on any atom is 0.298 e. The van der Waals surface area contributed by atoms with Crippen molar-refractivity contribution in [1.29, 1.82) is 0 Å². The Labute approximate surface area is 138 Å². The molecule has 1 N–H and O–H groups in total. The molecule has 1 fully saturated rings. The number of phenols is 1. The zero-order valence-corrected chi connectivity index (χ0v) is 13.3. The van der Waals surface area contributed by atoms with Gasteiger partial charge in [-0.15, -0.1) is 0 Å². The predicted molar refractivity (Wildman–Crippen MR) is 92.4 cm³/mol. The van der Waals surface area contributed by atoms with Gasteiger partial charge in [-0.1, -0.05) is 31.2 Å². The number of hydrogen-bond donors (Lipinski definition) is 1. The molecule has 4 nitrogen and oxygen atoms in total. The van der Waals surface area contributed by atoms with E-state index in [0.29, 0.717) is 10.6 Å². The number of nitrogens with zero attached hydrogens (tertiary/aromatic N) is 1. The summed E-state index contributed by atoms with van der Waals surface area (Å²) in [7, 11) is 0. The van der Waals surface area contributed by atoms with Crippen molar-refractivity contribution in [2.75, 3.05) is 4.90 Å². The molecule has 116 valence electrons. The highest BCUT2D eigenvalue weighted by molar-refractivity contribution is 8.19. The molecule has 0 atom stereocenters. The van der Waals surface area contributed by atoms with Crippen LogP contribution in [0.4, 0.5) is 10.5 Å². The molecule has 2 amide bonds. The average molecular weight is 325 g/mol. The van der Waals surface area contributed by atoms with Gasteiger partial charge >= 0.3 is 0 Å². The van der Waals surface area contributed by atoms with Crippen LogP contribution in [-0.2, 0) is 11.2 Å². The van der Waals surface area contributed by atoms with Crippen LogP contribution >= 0.6 is 11.8 Å². The fraction of sp³-hybridized carbons (Fsp3) is 0.111. The lowest BCUT2D eigenvalue weighted by Crippen LogP contribution is -2.27. The number of imide groups is 1. The zero-order chi connectivity index (χ0) is 16.4. The number of anilines is 1. The topological polar surface area (TPSA) is 57.6 Å². The highest BCUT2D eigenvalue weighted by atomic mass is 32.2. The quantitative estimate of drug-likeness (QED) is 0.860. The van der Waals surface area contributed by atoms with Crippen molar-refractivity contribution in [3.8, 4) is 5.75 Å². The lowest BCUT2D eigenvalue weighted by molar-refractivity contribution is -0.113. The zero-order valence-electron chi connectivity index (χ0n) is 12.5. The number of hydrogen-bond acceptors (Lipinski definition) is 4. The van der Waals surface area contributed by atoms with Crippen LogP contribution < -0.4 is 4.90 Å². The van der Waals surface area contributed by atoms with E-state index in [1.54, 1.807) is 42.5 Å². The first kappa shape index (κ1) is 15.4. The van der Waals surface area contributed by atoms with Crippen molar-refractivity contribution < 1.29 is 14.7 Å². The van der Waals surface area contributed by atoms with Gasteiger partial charge in [0.15, 0.2) is 0 Å². The largest absolute Gasteiger partial charge is 0.508 e. The minimum absolute atomic E-state index is 0.159. The van der Waals surface area contributed by atoms with Crippen molar-refractivity contribution in [2.24, 2.45) is 0 Å². The van der Waals surface area contributed by atoms with Crippen LogP contribution in [0, 0.1) is 0 Å². The van der Waals surface area contributed by atoms with Crippen LogP contribution in [0.15, 0.2) is 53.4 Å². The van der Waals surface area contributed by atoms with Crippen molar-refractivity contribution in [3.05, 3.63) is 64.6 Å². The first-order chi connectivity index (χ1) is 11.1. The van der Waals surface area contributed by atoms with E-state index in [0.717, 1.165) is 29.3 Å². The second kappa shape index (κ2) is 6.30. The Morgan fingerprint density at radius 2 is 1.70 bits per heavy atom. The minimum atomic E-state index is -0.322. The van der Waals surface area contributed by atoms with Gasteiger partial charge in [-0.25, -0.2) is 4.90 Å². The highest BCUT2D eigenvalue weighted by Crippen LogP contribution is 2.35. The predicted octanol–water partition coefficient (Wildman–Crippen LogP) is 4.20. The maximum absolute atomic E-state index is 12.5. The molecule has 0 saturated carbocycles. The van der Waals surface area contributed by atoms with Crippen LogP contribution in [0.25, 0.3) is 6.08 Å². The fourth-order valence-corrected chi connectivity index (χ4v) is 3.13. The summed E-state index contributed by atoms with van der Waals surface area (Å²) < 4.78 is 0. The second-order valence-electron chi connectivity index (χ2n) is 5.13. The third-order valence-corrected chi connectivity index (χ3v) is 4.46. The average Bonchev–Trinajstić information content (AvgIpc) is 2.84. The van der Waals surface area contributed by atoms with E-state index in [4.69, 9.17) is 0 Å². The number of phenolic OH excluding ortho intramolecular Hbond substituents is 1. The molecule has 0 unspecified atom stereocenters. The molecule has 5 heteroatoms. The summed E-state index contributed by atoms with van der Waals surface area (Å²) in [6.45, 7) is 2.05. The molecule has 3 rings (SSSR count). The van der Waals surface area contributed by atoms with E-state index in [1.165, 1.54) is 4.90 Å². The fourth-order valence-electron chi connectivity index (χ4n) is 2.29. The van der Waals surface area contributed by atoms with E-state index in [-0.39, 0.29) is 16.9 Å². The lowest BCUT2D eigenvalue weighted by Gasteiger charge is -2.12. The highest BCUT2D eigenvalue weighted by Gasteiger charge is 2.36. The van der Waals surface area contributed by atoms with Gasteiger partial charge in [0.2, 0.25) is 0 Å². The molecule has 1 aliphatic heterocycles. The molecule has 0 spiro atoms. The molecule has 23 heavy (non-hydrogen) atoms. The maximum atomic E-state index is 12.5. The van der Waals surface area contributed by atoms with Crippen molar-refractivity contribution in [2.45, 2.75) is 13.3 Å². The Balaban J connectivity index is 1.88. The van der Waals surface area contributed by atoms with Crippen LogP contribution in [0.3, 0.4) is 0 Å². The van der Waals surface area contributed by atoms with Crippen molar-refractivity contribution >= 4 is 34.7 Å². The number of rotatable bonds is 3. The third kappa shape index (κ3) is 3.14. The monoisotopic (exact) mass is 325 g/mol. The van der Waals surface area contributed by atoms with Crippen LogP contribution in [0.5, 0.6) is 5.75 Å². The van der Waals surface area contributed by atoms with Crippen molar-refractivity contribution in [3.63, 3.8) is 0 Å². The molecule has 0 radical (unpaired) electrons.